The van der Waals surface area contributed by atoms with Gasteiger partial charge in [-0.2, -0.15) is 0 Å². The third kappa shape index (κ3) is 0.878. The number of nitrogens with one attached hydrogen (secondary N) is 4. The molecule has 0 aromatic carbocycles. The SMILES string of the molecule is O=C1NC=C2NC(=O)NC2N1. The molecule has 0 saturated carbocycles. The number of hydrogen-bond donors (Lipinski definition) is 4. The van der Waals surface area contributed by atoms with Crippen molar-refractivity contribution in [2.75, 3.05) is 0 Å². The lowest BCUT2D eigenvalue weighted by Crippen LogP contribution is -2.50. The molecule has 2 aliphatic heterocycles. The number of amides is 4. The average Bonchev–Trinajstić information content (AvgIpc) is 2.27. The first-order chi connectivity index (χ1) is 5.25. The predicted molar refractivity (Wildman–Crippen MR) is 35.2 cm³/mol. The van der Waals surface area contributed by atoms with Crippen LogP contribution in [0.4, 0.5) is 9.59 Å². The van der Waals surface area contributed by atoms with E-state index in [0.29, 0.717) is 5.70 Å². The molecule has 2 rings (SSSR count). The van der Waals surface area contributed by atoms with Gasteiger partial charge in [0, 0.05) is 6.20 Å². The molecule has 0 radical (unpaired) electrons. The molecule has 6 nitrogen and oxygen atoms in total. The highest BCUT2D eigenvalue weighted by atomic mass is 16.2. The average molecular weight is 154 g/mol. The first kappa shape index (κ1) is 6.02. The Hall–Kier alpha value is -1.72. The van der Waals surface area contributed by atoms with E-state index >= 15 is 0 Å². The monoisotopic (exact) mass is 154 g/mol. The maximum atomic E-state index is 10.7. The number of hydrogen-bond acceptors (Lipinski definition) is 2. The second-order valence-electron chi connectivity index (χ2n) is 2.25. The molecule has 6 heteroatoms. The van der Waals surface area contributed by atoms with E-state index < -0.39 is 6.17 Å². The summed E-state index contributed by atoms with van der Waals surface area (Å²) < 4.78 is 0. The van der Waals surface area contributed by atoms with Gasteiger partial charge < -0.3 is 21.3 Å². The molecule has 2 aliphatic rings. The lowest BCUT2D eigenvalue weighted by molar-refractivity contribution is 0.237. The van der Waals surface area contributed by atoms with Crippen molar-refractivity contribution < 1.29 is 9.59 Å². The van der Waals surface area contributed by atoms with Gasteiger partial charge in [0.25, 0.3) is 0 Å². The maximum absolute atomic E-state index is 10.7. The van der Waals surface area contributed by atoms with E-state index in [-0.39, 0.29) is 12.1 Å². The molecule has 0 aromatic rings. The van der Waals surface area contributed by atoms with E-state index in [2.05, 4.69) is 21.3 Å². The van der Waals surface area contributed by atoms with Gasteiger partial charge in [-0.3, -0.25) is 0 Å². The van der Waals surface area contributed by atoms with E-state index in [9.17, 15) is 9.59 Å². The fourth-order valence-corrected chi connectivity index (χ4v) is 0.998. The van der Waals surface area contributed by atoms with E-state index in [4.69, 9.17) is 0 Å². The van der Waals surface area contributed by atoms with Crippen LogP contribution in [0.25, 0.3) is 0 Å². The summed E-state index contributed by atoms with van der Waals surface area (Å²) in [4.78, 5) is 21.3. The van der Waals surface area contributed by atoms with Gasteiger partial charge in [-0.05, 0) is 0 Å². The Morgan fingerprint density at radius 2 is 1.91 bits per heavy atom. The molecule has 0 aromatic heterocycles. The summed E-state index contributed by atoms with van der Waals surface area (Å²) in [5.74, 6) is 0. The Bertz CT molecular complexity index is 257. The highest BCUT2D eigenvalue weighted by molar-refractivity contribution is 5.85. The Labute approximate surface area is 62.0 Å². The summed E-state index contributed by atoms with van der Waals surface area (Å²) >= 11 is 0. The third-order valence-corrected chi connectivity index (χ3v) is 1.48. The van der Waals surface area contributed by atoms with E-state index in [1.54, 1.807) is 0 Å². The molecule has 11 heavy (non-hydrogen) atoms. The first-order valence-electron chi connectivity index (χ1n) is 3.10. The summed E-state index contributed by atoms with van der Waals surface area (Å²) in [6.45, 7) is 0. The van der Waals surface area contributed by atoms with Crippen LogP contribution in [-0.2, 0) is 0 Å². The Kier molecular flexibility index (Phi) is 1.03. The Balaban J connectivity index is 2.23. The van der Waals surface area contributed by atoms with Crippen molar-refractivity contribution in [3.63, 3.8) is 0 Å². The lowest BCUT2D eigenvalue weighted by Gasteiger charge is -2.17. The van der Waals surface area contributed by atoms with Gasteiger partial charge in [0.15, 0.2) is 0 Å². The van der Waals surface area contributed by atoms with Crippen molar-refractivity contribution in [2.24, 2.45) is 0 Å². The third-order valence-electron chi connectivity index (χ3n) is 1.48. The quantitative estimate of drug-likeness (QED) is 0.352. The molecule has 0 bridgehead atoms. The molecule has 1 unspecified atom stereocenters. The molecule has 1 saturated heterocycles. The zero-order valence-electron chi connectivity index (χ0n) is 5.47. The lowest BCUT2D eigenvalue weighted by atomic mass is 10.3. The van der Waals surface area contributed by atoms with Gasteiger partial charge in [0.05, 0.1) is 5.70 Å². The highest BCUT2D eigenvalue weighted by Gasteiger charge is 2.29. The van der Waals surface area contributed by atoms with Gasteiger partial charge in [0.1, 0.15) is 6.17 Å². The largest absolute Gasteiger partial charge is 0.321 e. The van der Waals surface area contributed by atoms with Crippen LogP contribution < -0.4 is 21.3 Å². The fourth-order valence-electron chi connectivity index (χ4n) is 0.998. The second-order valence-corrected chi connectivity index (χ2v) is 2.25. The summed E-state index contributed by atoms with van der Waals surface area (Å²) in [5.41, 5.74) is 0.634. The number of carbonyl (C=O) groups excluding carboxylic acids is 2. The topological polar surface area (TPSA) is 82.3 Å². The second kappa shape index (κ2) is 1.88. The molecule has 1 atom stereocenters. The molecular formula is C5H6N4O2. The number of rotatable bonds is 0. The molecule has 2 heterocycles. The molecule has 4 amide bonds. The summed E-state index contributed by atoms with van der Waals surface area (Å²) in [5, 5.41) is 9.91. The minimum absolute atomic E-state index is 0.301. The number of carbonyl (C=O) groups is 2. The van der Waals surface area contributed by atoms with Gasteiger partial charge in [0.2, 0.25) is 0 Å². The first-order valence-corrected chi connectivity index (χ1v) is 3.10. The van der Waals surface area contributed by atoms with Crippen LogP contribution in [0, 0.1) is 0 Å². The molecule has 0 aliphatic carbocycles. The minimum atomic E-state index is -0.392. The van der Waals surface area contributed by atoms with Gasteiger partial charge in [-0.15, -0.1) is 0 Å². The fraction of sp³-hybridized carbons (Fsp3) is 0.200. The summed E-state index contributed by atoms with van der Waals surface area (Å²) in [7, 11) is 0. The van der Waals surface area contributed by atoms with E-state index in [0.717, 1.165) is 0 Å². The van der Waals surface area contributed by atoms with E-state index in [1.807, 2.05) is 0 Å². The van der Waals surface area contributed by atoms with Crippen molar-refractivity contribution in [3.8, 4) is 0 Å². The van der Waals surface area contributed by atoms with Crippen LogP contribution in [0.15, 0.2) is 11.9 Å². The normalized spacial score (nSPS) is 27.3. The molecule has 0 spiro atoms. The maximum Gasteiger partial charge on any atom is 0.321 e. The molecular weight excluding hydrogens is 148 g/mol. The molecule has 58 valence electrons. The standard InChI is InChI=1S/C5H6N4O2/c10-4-6-1-2-3(8-4)9-5(11)7-2/h1,3H,(H2,6,8,10)(H2,7,9,11). The van der Waals surface area contributed by atoms with Crippen LogP contribution in [-0.4, -0.2) is 18.2 Å². The van der Waals surface area contributed by atoms with Crippen LogP contribution in [0.3, 0.4) is 0 Å². The zero-order chi connectivity index (χ0) is 7.84. The predicted octanol–water partition coefficient (Wildman–Crippen LogP) is -1.22. The highest BCUT2D eigenvalue weighted by Crippen LogP contribution is 2.04. The molecule has 4 N–H and O–H groups in total. The van der Waals surface area contributed by atoms with Crippen LogP contribution >= 0.6 is 0 Å². The Morgan fingerprint density at radius 1 is 1.18 bits per heavy atom. The molecule has 1 fully saturated rings. The zero-order valence-corrected chi connectivity index (χ0v) is 5.47. The minimum Gasteiger partial charge on any atom is -0.313 e. The van der Waals surface area contributed by atoms with Crippen molar-refractivity contribution in [2.45, 2.75) is 6.17 Å². The van der Waals surface area contributed by atoms with Crippen LogP contribution in [0.5, 0.6) is 0 Å². The Morgan fingerprint density at radius 3 is 2.73 bits per heavy atom. The van der Waals surface area contributed by atoms with Gasteiger partial charge in [-0.25, -0.2) is 9.59 Å². The van der Waals surface area contributed by atoms with Crippen molar-refractivity contribution >= 4 is 12.1 Å². The smallest absolute Gasteiger partial charge is 0.313 e. The van der Waals surface area contributed by atoms with Crippen molar-refractivity contribution in [1.29, 1.82) is 0 Å². The number of urea groups is 2. The van der Waals surface area contributed by atoms with Crippen LogP contribution in [0.1, 0.15) is 0 Å². The van der Waals surface area contributed by atoms with Crippen molar-refractivity contribution in [1.82, 2.24) is 21.3 Å². The van der Waals surface area contributed by atoms with E-state index in [1.165, 1.54) is 6.20 Å². The van der Waals surface area contributed by atoms with Crippen LogP contribution in [0.2, 0.25) is 0 Å². The number of fused-ring (bicyclic) bond motifs is 1. The van der Waals surface area contributed by atoms with Crippen molar-refractivity contribution in [3.05, 3.63) is 11.9 Å². The van der Waals surface area contributed by atoms with Gasteiger partial charge in [-0.1, -0.05) is 0 Å². The summed E-state index contributed by atoms with van der Waals surface area (Å²) in [6, 6.07) is -0.618. The summed E-state index contributed by atoms with van der Waals surface area (Å²) in [6.07, 6.45) is 1.07. The van der Waals surface area contributed by atoms with Gasteiger partial charge >= 0.3 is 12.1 Å².